The number of carbonyl (C=O) groups is 1. The number of carbonyl (C=O) groups excluding carboxylic acids is 1. The number of fused-ring (bicyclic) bond motifs is 3. The van der Waals surface area contributed by atoms with Gasteiger partial charge in [-0.3, -0.25) is 4.98 Å². The minimum atomic E-state index is -0.204. The van der Waals surface area contributed by atoms with Crippen molar-refractivity contribution >= 4 is 22.6 Å². The van der Waals surface area contributed by atoms with E-state index in [4.69, 9.17) is 0 Å². The predicted molar refractivity (Wildman–Crippen MR) is 115 cm³/mol. The van der Waals surface area contributed by atoms with E-state index >= 15 is 0 Å². The van der Waals surface area contributed by atoms with Crippen molar-refractivity contribution in [3.05, 3.63) is 95.4 Å². The average Bonchev–Trinajstić information content (AvgIpc) is 3.12. The summed E-state index contributed by atoms with van der Waals surface area (Å²) in [6, 6.07) is 19.8. The van der Waals surface area contributed by atoms with Gasteiger partial charge in [0, 0.05) is 41.2 Å². The first-order chi connectivity index (χ1) is 14.2. The summed E-state index contributed by atoms with van der Waals surface area (Å²) in [5.41, 5.74) is 6.39. The van der Waals surface area contributed by atoms with Crippen LogP contribution in [0.25, 0.3) is 10.9 Å². The number of nitrogens with one attached hydrogen (secondary N) is 2. The van der Waals surface area contributed by atoms with E-state index in [1.807, 2.05) is 60.5 Å². The normalized spacial score (nSPS) is 15.9. The topological polar surface area (TPSA) is 61.0 Å². The molecule has 0 aliphatic carbocycles. The fraction of sp³-hybridized carbons (Fsp3) is 0.167. The van der Waals surface area contributed by atoms with Crippen LogP contribution in [0.4, 0.5) is 10.5 Å². The number of nitrogens with zero attached hydrogens (tertiary/aromatic N) is 2. The molecular weight excluding hydrogens is 360 g/mol. The fourth-order valence-corrected chi connectivity index (χ4v) is 4.26. The molecule has 2 N–H and O–H groups in total. The van der Waals surface area contributed by atoms with Gasteiger partial charge in [-0.25, -0.2) is 4.79 Å². The number of aryl methyl sites for hydroxylation is 1. The summed E-state index contributed by atoms with van der Waals surface area (Å²) >= 11 is 0. The van der Waals surface area contributed by atoms with Crippen molar-refractivity contribution in [2.24, 2.45) is 0 Å². The molecule has 5 nitrogen and oxygen atoms in total. The third-order valence-corrected chi connectivity index (χ3v) is 5.56. The highest BCUT2D eigenvalue weighted by atomic mass is 16.2. The van der Waals surface area contributed by atoms with Crippen LogP contribution in [0, 0.1) is 6.92 Å². The Kier molecular flexibility index (Phi) is 4.28. The lowest BCUT2D eigenvalue weighted by Crippen LogP contribution is -2.43. The number of aromatic amines is 1. The van der Waals surface area contributed by atoms with Crippen LogP contribution in [0.2, 0.25) is 0 Å². The maximum Gasteiger partial charge on any atom is 0.322 e. The maximum atomic E-state index is 13.3. The minimum absolute atomic E-state index is 0.103. The van der Waals surface area contributed by atoms with Crippen molar-refractivity contribution in [2.45, 2.75) is 19.4 Å². The van der Waals surface area contributed by atoms with Crippen molar-refractivity contribution in [3.63, 3.8) is 0 Å². The quantitative estimate of drug-likeness (QED) is 0.510. The van der Waals surface area contributed by atoms with Crippen molar-refractivity contribution in [1.82, 2.24) is 14.9 Å². The number of H-pyrrole nitrogens is 1. The van der Waals surface area contributed by atoms with Gasteiger partial charge in [0.15, 0.2) is 0 Å². The Morgan fingerprint density at radius 2 is 2.03 bits per heavy atom. The Labute approximate surface area is 169 Å². The zero-order valence-electron chi connectivity index (χ0n) is 16.2. The van der Waals surface area contributed by atoms with Gasteiger partial charge in [-0.2, -0.15) is 0 Å². The monoisotopic (exact) mass is 382 g/mol. The molecule has 0 bridgehead atoms. The Bertz CT molecular complexity index is 1180. The number of benzene rings is 2. The molecule has 29 heavy (non-hydrogen) atoms. The van der Waals surface area contributed by atoms with Gasteiger partial charge in [0.2, 0.25) is 0 Å². The summed E-state index contributed by atoms with van der Waals surface area (Å²) in [4.78, 5) is 23.0. The first-order valence-corrected chi connectivity index (χ1v) is 9.84. The second-order valence-electron chi connectivity index (χ2n) is 7.49. The number of para-hydroxylation sites is 1. The number of hydrogen-bond acceptors (Lipinski definition) is 2. The zero-order chi connectivity index (χ0) is 19.8. The van der Waals surface area contributed by atoms with Gasteiger partial charge in [0.1, 0.15) is 6.04 Å². The Balaban J connectivity index is 1.57. The summed E-state index contributed by atoms with van der Waals surface area (Å²) in [6.07, 6.45) is 4.42. The van der Waals surface area contributed by atoms with Crippen LogP contribution < -0.4 is 5.32 Å². The molecule has 4 aromatic rings. The van der Waals surface area contributed by atoms with E-state index in [9.17, 15) is 4.79 Å². The molecule has 0 radical (unpaired) electrons. The van der Waals surface area contributed by atoms with E-state index in [0.717, 1.165) is 34.4 Å². The molecule has 0 spiro atoms. The highest BCUT2D eigenvalue weighted by Gasteiger charge is 2.34. The van der Waals surface area contributed by atoms with Gasteiger partial charge >= 0.3 is 6.03 Å². The van der Waals surface area contributed by atoms with E-state index in [0.29, 0.717) is 6.54 Å². The van der Waals surface area contributed by atoms with E-state index in [1.165, 1.54) is 10.9 Å². The first kappa shape index (κ1) is 17.5. The van der Waals surface area contributed by atoms with Gasteiger partial charge in [0.05, 0.1) is 0 Å². The smallest absolute Gasteiger partial charge is 0.322 e. The van der Waals surface area contributed by atoms with Gasteiger partial charge in [-0.15, -0.1) is 0 Å². The highest BCUT2D eigenvalue weighted by Crippen LogP contribution is 2.38. The van der Waals surface area contributed by atoms with Crippen molar-refractivity contribution < 1.29 is 4.79 Å². The molecule has 2 amide bonds. The second kappa shape index (κ2) is 7.09. The lowest BCUT2D eigenvalue weighted by Gasteiger charge is -2.36. The van der Waals surface area contributed by atoms with Crippen LogP contribution in [0.3, 0.4) is 0 Å². The molecule has 1 atom stereocenters. The Morgan fingerprint density at radius 1 is 1.14 bits per heavy atom. The van der Waals surface area contributed by atoms with E-state index in [1.54, 1.807) is 6.20 Å². The Hall–Kier alpha value is -3.60. The maximum absolute atomic E-state index is 13.3. The van der Waals surface area contributed by atoms with Crippen molar-refractivity contribution in [2.75, 3.05) is 11.9 Å². The van der Waals surface area contributed by atoms with Crippen LogP contribution in [0.5, 0.6) is 0 Å². The van der Waals surface area contributed by atoms with Crippen LogP contribution in [-0.2, 0) is 6.42 Å². The Morgan fingerprint density at radius 3 is 2.86 bits per heavy atom. The number of pyridine rings is 1. The summed E-state index contributed by atoms with van der Waals surface area (Å²) in [5.74, 6) is 0. The number of aromatic nitrogens is 2. The standard InChI is InChI=1S/C24H22N4O/c1-16-6-4-8-18(14-16)26-24(29)28-13-11-20-19-9-2-3-10-21(19)27-22(20)23(28)17-7-5-12-25-15-17/h2-10,12,14-15,23,27H,11,13H2,1H3,(H,26,29)/t23-/m0/s1. The van der Waals surface area contributed by atoms with Gasteiger partial charge in [-0.1, -0.05) is 36.4 Å². The summed E-state index contributed by atoms with van der Waals surface area (Å²) in [5, 5.41) is 4.30. The molecule has 5 heteroatoms. The molecule has 144 valence electrons. The highest BCUT2D eigenvalue weighted by molar-refractivity contribution is 5.91. The summed E-state index contributed by atoms with van der Waals surface area (Å²) in [6.45, 7) is 2.66. The van der Waals surface area contributed by atoms with E-state index in [-0.39, 0.29) is 12.1 Å². The number of rotatable bonds is 2. The minimum Gasteiger partial charge on any atom is -0.356 e. The third-order valence-electron chi connectivity index (χ3n) is 5.56. The molecule has 1 aliphatic rings. The molecule has 3 heterocycles. The largest absolute Gasteiger partial charge is 0.356 e. The number of anilines is 1. The number of urea groups is 1. The predicted octanol–water partition coefficient (Wildman–Crippen LogP) is 5.05. The third kappa shape index (κ3) is 3.14. The molecule has 0 fully saturated rings. The average molecular weight is 382 g/mol. The lowest BCUT2D eigenvalue weighted by molar-refractivity contribution is 0.193. The van der Waals surface area contributed by atoms with Crippen LogP contribution in [-0.4, -0.2) is 27.4 Å². The van der Waals surface area contributed by atoms with Crippen molar-refractivity contribution in [1.29, 1.82) is 0 Å². The van der Waals surface area contributed by atoms with E-state index < -0.39 is 0 Å². The molecule has 0 saturated heterocycles. The molecule has 2 aromatic heterocycles. The second-order valence-corrected chi connectivity index (χ2v) is 7.49. The van der Waals surface area contributed by atoms with Crippen LogP contribution in [0.15, 0.2) is 73.1 Å². The first-order valence-electron chi connectivity index (χ1n) is 9.84. The van der Waals surface area contributed by atoms with E-state index in [2.05, 4.69) is 33.5 Å². The van der Waals surface area contributed by atoms with Gasteiger partial charge < -0.3 is 15.2 Å². The number of amides is 2. The summed E-state index contributed by atoms with van der Waals surface area (Å²) in [7, 11) is 0. The lowest BCUT2D eigenvalue weighted by atomic mass is 9.93. The molecule has 1 aliphatic heterocycles. The molecule has 2 aromatic carbocycles. The molecule has 0 saturated carbocycles. The molecule has 5 rings (SSSR count). The SMILES string of the molecule is Cc1cccc(NC(=O)N2CCc3c([nH]c4ccccc34)[C@@H]2c2cccnc2)c1. The summed E-state index contributed by atoms with van der Waals surface area (Å²) < 4.78 is 0. The van der Waals surface area contributed by atoms with Crippen LogP contribution in [0.1, 0.15) is 28.4 Å². The number of hydrogen-bond donors (Lipinski definition) is 2. The molecular formula is C24H22N4O. The zero-order valence-corrected chi connectivity index (χ0v) is 16.2. The van der Waals surface area contributed by atoms with Gasteiger partial charge in [-0.05, 0) is 54.3 Å². The van der Waals surface area contributed by atoms with Crippen molar-refractivity contribution in [3.8, 4) is 0 Å². The van der Waals surface area contributed by atoms with Gasteiger partial charge in [0.25, 0.3) is 0 Å². The molecule has 0 unspecified atom stereocenters. The van der Waals surface area contributed by atoms with Crippen LogP contribution >= 0.6 is 0 Å². The fourth-order valence-electron chi connectivity index (χ4n) is 4.26.